The number of aliphatic hydroxyl groups excluding tert-OH is 1. The third-order valence-electron chi connectivity index (χ3n) is 3.51. The van der Waals surface area contributed by atoms with Crippen molar-refractivity contribution in [1.82, 2.24) is 5.32 Å². The molecule has 2 N–H and O–H groups in total. The van der Waals surface area contributed by atoms with E-state index in [1.54, 1.807) is 12.1 Å². The van der Waals surface area contributed by atoms with Crippen LogP contribution in [-0.2, 0) is 14.6 Å². The Balaban J connectivity index is 1.80. The van der Waals surface area contributed by atoms with Gasteiger partial charge in [-0.1, -0.05) is 12.8 Å². The maximum absolute atomic E-state index is 12.0. The number of carbonyl (C=O) groups is 1. The Kier molecular flexibility index (Phi) is 4.82. The monoisotopic (exact) mass is 301 g/mol. The van der Waals surface area contributed by atoms with Crippen molar-refractivity contribution in [2.24, 2.45) is 0 Å². The average Bonchev–Trinajstić information content (AvgIpc) is 3.07. The summed E-state index contributed by atoms with van der Waals surface area (Å²) >= 11 is 0. The molecule has 1 unspecified atom stereocenters. The first-order valence-electron chi connectivity index (χ1n) is 6.69. The molecule has 0 radical (unpaired) electrons. The minimum Gasteiger partial charge on any atom is -0.467 e. The maximum Gasteiger partial charge on any atom is 0.235 e. The van der Waals surface area contributed by atoms with Crippen LogP contribution in [0.5, 0.6) is 0 Å². The minimum atomic E-state index is -3.38. The Morgan fingerprint density at radius 3 is 2.75 bits per heavy atom. The predicted molar refractivity (Wildman–Crippen MR) is 72.7 cm³/mol. The van der Waals surface area contributed by atoms with Crippen LogP contribution in [0, 0.1) is 0 Å². The van der Waals surface area contributed by atoms with E-state index in [1.807, 2.05) is 0 Å². The van der Waals surface area contributed by atoms with Crippen molar-refractivity contribution < 1.29 is 22.7 Å². The van der Waals surface area contributed by atoms with Gasteiger partial charge in [0.15, 0.2) is 9.84 Å². The summed E-state index contributed by atoms with van der Waals surface area (Å²) in [5, 5.41) is 11.7. The Labute approximate surface area is 118 Å². The minimum absolute atomic E-state index is 0.0630. The summed E-state index contributed by atoms with van der Waals surface area (Å²) in [6, 6.07) is 3.22. The zero-order chi connectivity index (χ0) is 14.6. The van der Waals surface area contributed by atoms with Crippen LogP contribution in [-0.4, -0.2) is 37.0 Å². The van der Waals surface area contributed by atoms with E-state index in [0.29, 0.717) is 18.6 Å². The lowest BCUT2D eigenvalue weighted by atomic mass is 10.3. The first-order valence-corrected chi connectivity index (χ1v) is 8.40. The Hall–Kier alpha value is -1.34. The van der Waals surface area contributed by atoms with Gasteiger partial charge in [-0.15, -0.1) is 0 Å². The van der Waals surface area contributed by atoms with Crippen LogP contribution < -0.4 is 5.32 Å². The van der Waals surface area contributed by atoms with Gasteiger partial charge in [0.1, 0.15) is 17.6 Å². The molecule has 1 fully saturated rings. The van der Waals surface area contributed by atoms with Crippen LogP contribution in [0.3, 0.4) is 0 Å². The number of nitrogens with one attached hydrogen (secondary N) is 1. The van der Waals surface area contributed by atoms with Crippen molar-refractivity contribution in [3.05, 3.63) is 24.2 Å². The standard InChI is InChI=1S/C13H19NO5S/c15-11(12-6-3-7-19-12)8-14-13(16)9-20(17,18)10-4-1-2-5-10/h3,6-7,10-11,15H,1-2,4-5,8-9H2,(H,14,16). The molecule has 20 heavy (non-hydrogen) atoms. The van der Waals surface area contributed by atoms with Gasteiger partial charge in [0.25, 0.3) is 0 Å². The highest BCUT2D eigenvalue weighted by Crippen LogP contribution is 2.25. The van der Waals surface area contributed by atoms with Gasteiger partial charge < -0.3 is 14.8 Å². The van der Waals surface area contributed by atoms with Gasteiger partial charge in [-0.05, 0) is 25.0 Å². The van der Waals surface area contributed by atoms with E-state index < -0.39 is 27.6 Å². The fourth-order valence-corrected chi connectivity index (χ4v) is 4.15. The van der Waals surface area contributed by atoms with Gasteiger partial charge >= 0.3 is 0 Å². The van der Waals surface area contributed by atoms with Gasteiger partial charge in [-0.2, -0.15) is 0 Å². The smallest absolute Gasteiger partial charge is 0.235 e. The van der Waals surface area contributed by atoms with E-state index in [4.69, 9.17) is 4.42 Å². The number of aliphatic hydroxyl groups is 1. The maximum atomic E-state index is 12.0. The fourth-order valence-electron chi connectivity index (χ4n) is 2.39. The molecular weight excluding hydrogens is 282 g/mol. The lowest BCUT2D eigenvalue weighted by molar-refractivity contribution is -0.119. The molecule has 1 aliphatic rings. The lowest BCUT2D eigenvalue weighted by Crippen LogP contribution is -2.36. The summed E-state index contributed by atoms with van der Waals surface area (Å²) in [6.07, 6.45) is 3.55. The van der Waals surface area contributed by atoms with Gasteiger partial charge in [-0.3, -0.25) is 4.79 Å². The fraction of sp³-hybridized carbons (Fsp3) is 0.615. The molecule has 1 aromatic heterocycles. The SMILES string of the molecule is O=C(CS(=O)(=O)C1CCCC1)NCC(O)c1ccco1. The van der Waals surface area contributed by atoms with Crippen molar-refractivity contribution >= 4 is 15.7 Å². The highest BCUT2D eigenvalue weighted by atomic mass is 32.2. The first kappa shape index (κ1) is 15.1. The number of amides is 1. The van der Waals surface area contributed by atoms with Crippen molar-refractivity contribution in [1.29, 1.82) is 0 Å². The van der Waals surface area contributed by atoms with Crippen molar-refractivity contribution in [2.75, 3.05) is 12.3 Å². The van der Waals surface area contributed by atoms with E-state index in [-0.39, 0.29) is 11.8 Å². The van der Waals surface area contributed by atoms with Gasteiger partial charge in [-0.25, -0.2) is 8.42 Å². The molecular formula is C13H19NO5S. The van der Waals surface area contributed by atoms with Crippen LogP contribution in [0.15, 0.2) is 22.8 Å². The van der Waals surface area contributed by atoms with Gasteiger partial charge in [0.2, 0.25) is 5.91 Å². The van der Waals surface area contributed by atoms with Crippen LogP contribution in [0.4, 0.5) is 0 Å². The quantitative estimate of drug-likeness (QED) is 0.809. The molecule has 0 spiro atoms. The molecule has 112 valence electrons. The summed E-state index contributed by atoms with van der Waals surface area (Å²) in [5.74, 6) is -0.755. The van der Waals surface area contributed by atoms with E-state index >= 15 is 0 Å². The molecule has 0 aromatic carbocycles. The van der Waals surface area contributed by atoms with Crippen molar-refractivity contribution in [2.45, 2.75) is 37.0 Å². The summed E-state index contributed by atoms with van der Waals surface area (Å²) in [4.78, 5) is 11.7. The molecule has 1 atom stereocenters. The van der Waals surface area contributed by atoms with Crippen LogP contribution >= 0.6 is 0 Å². The Morgan fingerprint density at radius 2 is 2.15 bits per heavy atom. The van der Waals surface area contributed by atoms with E-state index in [9.17, 15) is 18.3 Å². The number of carbonyl (C=O) groups excluding carboxylic acids is 1. The van der Waals surface area contributed by atoms with E-state index in [1.165, 1.54) is 6.26 Å². The van der Waals surface area contributed by atoms with Crippen LogP contribution in [0.1, 0.15) is 37.5 Å². The topological polar surface area (TPSA) is 96.6 Å². The largest absolute Gasteiger partial charge is 0.467 e. The molecule has 2 rings (SSSR count). The molecule has 1 aliphatic carbocycles. The number of hydrogen-bond donors (Lipinski definition) is 2. The van der Waals surface area contributed by atoms with E-state index in [0.717, 1.165) is 12.8 Å². The number of hydrogen-bond acceptors (Lipinski definition) is 5. The molecule has 1 saturated carbocycles. The van der Waals surface area contributed by atoms with Crippen LogP contribution in [0.2, 0.25) is 0 Å². The highest BCUT2D eigenvalue weighted by Gasteiger charge is 2.30. The Bertz CT molecular complexity index is 531. The van der Waals surface area contributed by atoms with Crippen LogP contribution in [0.25, 0.3) is 0 Å². The Morgan fingerprint density at radius 1 is 1.45 bits per heavy atom. The molecule has 1 aromatic rings. The van der Waals surface area contributed by atoms with Gasteiger partial charge in [0, 0.05) is 0 Å². The zero-order valence-corrected chi connectivity index (χ0v) is 11.9. The first-order chi connectivity index (χ1) is 9.49. The number of rotatable bonds is 6. The van der Waals surface area contributed by atoms with Crippen molar-refractivity contribution in [3.8, 4) is 0 Å². The normalized spacial score (nSPS) is 18.1. The third-order valence-corrected chi connectivity index (χ3v) is 5.66. The molecule has 1 heterocycles. The van der Waals surface area contributed by atoms with Crippen molar-refractivity contribution in [3.63, 3.8) is 0 Å². The second-order valence-electron chi connectivity index (χ2n) is 5.05. The summed E-state index contributed by atoms with van der Waals surface area (Å²) in [5.41, 5.74) is 0. The van der Waals surface area contributed by atoms with Gasteiger partial charge in [0.05, 0.1) is 18.1 Å². The molecule has 7 heteroatoms. The summed E-state index contributed by atoms with van der Waals surface area (Å²) < 4.78 is 28.9. The second kappa shape index (κ2) is 6.41. The number of sulfone groups is 1. The molecule has 6 nitrogen and oxygen atoms in total. The number of furan rings is 1. The zero-order valence-electron chi connectivity index (χ0n) is 11.1. The van der Waals surface area contributed by atoms with E-state index in [2.05, 4.69) is 5.32 Å². The predicted octanol–water partition coefficient (Wildman–Crippen LogP) is 0.787. The molecule has 1 amide bonds. The third kappa shape index (κ3) is 3.83. The molecule has 0 aliphatic heterocycles. The molecule has 0 saturated heterocycles. The second-order valence-corrected chi connectivity index (χ2v) is 7.33. The highest BCUT2D eigenvalue weighted by molar-refractivity contribution is 7.92. The summed E-state index contributed by atoms with van der Waals surface area (Å²) in [6.45, 7) is -0.0630. The summed E-state index contributed by atoms with van der Waals surface area (Å²) in [7, 11) is -3.38. The molecule has 0 bridgehead atoms. The average molecular weight is 301 g/mol. The lowest BCUT2D eigenvalue weighted by Gasteiger charge is -2.12.